The smallest absolute Gasteiger partial charge is 0.229 e. The molecule has 0 saturated carbocycles. The fraction of sp³-hybridized carbons (Fsp3) is 0.0588. The minimum absolute atomic E-state index is 0.877. The van der Waals surface area contributed by atoms with E-state index in [-0.39, 0.29) is 0 Å². The van der Waals surface area contributed by atoms with Gasteiger partial charge in [0.1, 0.15) is 0 Å². The van der Waals surface area contributed by atoms with Crippen LogP contribution in [0.3, 0.4) is 0 Å². The van der Waals surface area contributed by atoms with Gasteiger partial charge in [0.05, 0.1) is 6.26 Å². The van der Waals surface area contributed by atoms with E-state index in [1.54, 1.807) is 17.5 Å². The Kier molecular flexibility index (Phi) is 4.00. The quantitative estimate of drug-likeness (QED) is 0.791. The third-order valence-electron chi connectivity index (χ3n) is 3.29. The number of hydrogen-bond acceptors (Lipinski definition) is 3. The van der Waals surface area contributed by atoms with Crippen molar-refractivity contribution in [3.05, 3.63) is 76.6 Å². The highest BCUT2D eigenvalue weighted by molar-refractivity contribution is 7.88. The molecule has 1 N–H and O–H groups in total. The van der Waals surface area contributed by atoms with Crippen LogP contribution in [0.25, 0.3) is 16.7 Å². The van der Waals surface area contributed by atoms with Gasteiger partial charge in [-0.1, -0.05) is 48.5 Å². The van der Waals surface area contributed by atoms with E-state index in [4.69, 9.17) is 0 Å². The van der Waals surface area contributed by atoms with Gasteiger partial charge in [0.25, 0.3) is 0 Å². The Morgan fingerprint density at radius 1 is 1.05 bits per heavy atom. The third kappa shape index (κ3) is 3.21. The standard InChI is InChI=1S/C17H15NO2S2/c1-22(19,20)18-12-16(17-8-5-11-21-17)15-10-9-13-6-3-2-4-7-14(13)15/h2-12,18H,1H3/b16-12+. The van der Waals surface area contributed by atoms with Gasteiger partial charge in [-0.3, -0.25) is 4.72 Å². The Morgan fingerprint density at radius 2 is 1.86 bits per heavy atom. The van der Waals surface area contributed by atoms with Crippen LogP contribution in [0.2, 0.25) is 0 Å². The van der Waals surface area contributed by atoms with Gasteiger partial charge in [0.2, 0.25) is 10.0 Å². The molecular weight excluding hydrogens is 314 g/mol. The largest absolute Gasteiger partial charge is 0.290 e. The monoisotopic (exact) mass is 329 g/mol. The molecule has 0 radical (unpaired) electrons. The van der Waals surface area contributed by atoms with Crippen molar-refractivity contribution in [2.45, 2.75) is 0 Å². The van der Waals surface area contributed by atoms with Crippen molar-refractivity contribution in [1.29, 1.82) is 0 Å². The molecule has 0 saturated heterocycles. The van der Waals surface area contributed by atoms with Gasteiger partial charge in [0.15, 0.2) is 0 Å². The lowest BCUT2D eigenvalue weighted by Crippen LogP contribution is -2.15. The van der Waals surface area contributed by atoms with Crippen molar-refractivity contribution >= 4 is 26.9 Å². The van der Waals surface area contributed by atoms with E-state index in [2.05, 4.69) is 10.8 Å². The highest BCUT2D eigenvalue weighted by Gasteiger charge is 2.14. The molecule has 0 unspecified atom stereocenters. The first-order chi connectivity index (χ1) is 10.5. The number of thiophene rings is 1. The van der Waals surface area contributed by atoms with Crippen LogP contribution in [-0.2, 0) is 10.0 Å². The van der Waals surface area contributed by atoms with Gasteiger partial charge in [-0.25, -0.2) is 8.42 Å². The summed E-state index contributed by atoms with van der Waals surface area (Å²) < 4.78 is 25.4. The molecule has 0 bridgehead atoms. The van der Waals surface area contributed by atoms with Gasteiger partial charge >= 0.3 is 0 Å². The van der Waals surface area contributed by atoms with Crippen LogP contribution in [0.5, 0.6) is 0 Å². The molecule has 0 aromatic carbocycles. The Hall–Kier alpha value is -2.11. The van der Waals surface area contributed by atoms with Crippen molar-refractivity contribution in [1.82, 2.24) is 4.72 Å². The molecule has 0 spiro atoms. The molecule has 5 heteroatoms. The normalized spacial score (nSPS) is 12.5. The highest BCUT2D eigenvalue weighted by atomic mass is 32.2. The van der Waals surface area contributed by atoms with Crippen molar-refractivity contribution < 1.29 is 8.42 Å². The molecule has 2 aliphatic rings. The minimum Gasteiger partial charge on any atom is -0.290 e. The maximum Gasteiger partial charge on any atom is 0.229 e. The summed E-state index contributed by atoms with van der Waals surface area (Å²) in [6, 6.07) is 18.1. The molecule has 0 atom stereocenters. The summed E-state index contributed by atoms with van der Waals surface area (Å²) in [5.41, 5.74) is 4.12. The third-order valence-corrected chi connectivity index (χ3v) is 4.73. The van der Waals surface area contributed by atoms with E-state index >= 15 is 0 Å². The number of nitrogens with one attached hydrogen (secondary N) is 1. The highest BCUT2D eigenvalue weighted by Crippen LogP contribution is 2.36. The van der Waals surface area contributed by atoms with Gasteiger partial charge in [-0.05, 0) is 28.1 Å². The molecule has 22 heavy (non-hydrogen) atoms. The molecular formula is C17H15NO2S2. The Labute approximate surface area is 134 Å². The average molecular weight is 329 g/mol. The van der Waals surface area contributed by atoms with E-state index in [9.17, 15) is 8.42 Å². The zero-order valence-corrected chi connectivity index (χ0v) is 13.6. The average Bonchev–Trinajstić information content (AvgIpc) is 3.05. The lowest BCUT2D eigenvalue weighted by molar-refractivity contribution is 0.596. The molecule has 1 aromatic heterocycles. The predicted molar refractivity (Wildman–Crippen MR) is 92.4 cm³/mol. The van der Waals surface area contributed by atoms with Crippen LogP contribution < -0.4 is 4.72 Å². The predicted octanol–water partition coefficient (Wildman–Crippen LogP) is 3.79. The van der Waals surface area contributed by atoms with Crippen molar-refractivity contribution in [3.8, 4) is 11.1 Å². The maximum atomic E-state index is 11.4. The molecule has 2 aliphatic carbocycles. The maximum absolute atomic E-state index is 11.4. The number of hydrogen-bond donors (Lipinski definition) is 1. The molecule has 3 nitrogen and oxygen atoms in total. The van der Waals surface area contributed by atoms with Crippen LogP contribution in [0, 0.1) is 0 Å². The van der Waals surface area contributed by atoms with Crippen molar-refractivity contribution in [2.75, 3.05) is 6.26 Å². The lowest BCUT2D eigenvalue weighted by atomic mass is 10.0. The summed E-state index contributed by atoms with van der Waals surface area (Å²) in [5, 5.41) is 1.98. The van der Waals surface area contributed by atoms with Crippen LogP contribution in [0.1, 0.15) is 10.4 Å². The second-order valence-corrected chi connectivity index (χ2v) is 7.68. The first kappa shape index (κ1) is 14.8. The van der Waals surface area contributed by atoms with Gasteiger partial charge < -0.3 is 0 Å². The van der Waals surface area contributed by atoms with Crippen LogP contribution in [0.4, 0.5) is 0 Å². The summed E-state index contributed by atoms with van der Waals surface area (Å²) >= 11 is 1.58. The minimum atomic E-state index is -3.29. The molecule has 0 amide bonds. The molecule has 112 valence electrons. The number of sulfonamides is 1. The zero-order chi connectivity index (χ0) is 15.6. The van der Waals surface area contributed by atoms with E-state index in [0.717, 1.165) is 33.4 Å². The molecule has 0 fully saturated rings. The van der Waals surface area contributed by atoms with Crippen molar-refractivity contribution in [2.24, 2.45) is 0 Å². The molecule has 0 aliphatic heterocycles. The lowest BCUT2D eigenvalue weighted by Gasteiger charge is -2.07. The zero-order valence-electron chi connectivity index (χ0n) is 12.0. The summed E-state index contributed by atoms with van der Waals surface area (Å²) in [4.78, 5) is 1.02. The Balaban J connectivity index is 2.14. The fourth-order valence-electron chi connectivity index (χ4n) is 2.33. The van der Waals surface area contributed by atoms with E-state index < -0.39 is 10.0 Å². The van der Waals surface area contributed by atoms with Gasteiger partial charge in [0, 0.05) is 16.7 Å². The van der Waals surface area contributed by atoms with Gasteiger partial charge in [-0.2, -0.15) is 0 Å². The fourth-order valence-corrected chi connectivity index (χ4v) is 3.42. The summed E-state index contributed by atoms with van der Waals surface area (Å²) in [6.45, 7) is 0. The summed E-state index contributed by atoms with van der Waals surface area (Å²) in [7, 11) is -3.29. The summed E-state index contributed by atoms with van der Waals surface area (Å²) in [5.74, 6) is 0. The molecule has 1 heterocycles. The van der Waals surface area contributed by atoms with Crippen LogP contribution in [-0.4, -0.2) is 14.7 Å². The first-order valence-corrected chi connectivity index (χ1v) is 9.51. The molecule has 3 rings (SSSR count). The van der Waals surface area contributed by atoms with Crippen LogP contribution >= 0.6 is 11.3 Å². The molecule has 1 aromatic rings. The SMILES string of the molecule is CS(=O)(=O)N/C=C(/c1cccs1)c1ccc2cccccc1-2. The number of rotatable bonds is 4. The summed E-state index contributed by atoms with van der Waals surface area (Å²) in [6.07, 6.45) is 2.72. The Bertz CT molecular complexity index is 881. The van der Waals surface area contributed by atoms with Crippen molar-refractivity contribution in [3.63, 3.8) is 0 Å². The second kappa shape index (κ2) is 5.94. The Morgan fingerprint density at radius 3 is 2.59 bits per heavy atom. The van der Waals surface area contributed by atoms with Gasteiger partial charge in [-0.15, -0.1) is 11.3 Å². The second-order valence-electron chi connectivity index (χ2n) is 4.95. The van der Waals surface area contributed by atoms with Crippen LogP contribution in [0.15, 0.2) is 66.2 Å². The van der Waals surface area contributed by atoms with E-state index in [1.165, 1.54) is 0 Å². The van der Waals surface area contributed by atoms with E-state index in [1.807, 2.05) is 53.9 Å². The topological polar surface area (TPSA) is 46.2 Å². The first-order valence-electron chi connectivity index (χ1n) is 6.74. The number of fused-ring (bicyclic) bond motifs is 1. The van der Waals surface area contributed by atoms with E-state index in [0.29, 0.717) is 0 Å².